The second-order valence-corrected chi connectivity index (χ2v) is 7.69. The molecule has 0 spiro atoms. The lowest BCUT2D eigenvalue weighted by Crippen LogP contribution is -2.37. The quantitative estimate of drug-likeness (QED) is 0.815. The number of rotatable bonds is 4. The van der Waals surface area contributed by atoms with Crippen molar-refractivity contribution in [2.75, 3.05) is 18.5 Å². The minimum atomic E-state index is 0.0618. The van der Waals surface area contributed by atoms with Gasteiger partial charge in [-0.2, -0.15) is 0 Å². The van der Waals surface area contributed by atoms with Crippen molar-refractivity contribution in [3.05, 3.63) is 54.0 Å². The second kappa shape index (κ2) is 8.07. The summed E-state index contributed by atoms with van der Waals surface area (Å²) >= 11 is 0. The minimum absolute atomic E-state index is 0.0618. The summed E-state index contributed by atoms with van der Waals surface area (Å²) in [6.45, 7) is 0.779. The summed E-state index contributed by atoms with van der Waals surface area (Å²) in [4.78, 5) is 26.8. The first-order chi connectivity index (χ1) is 13.3. The maximum atomic E-state index is 13.5. The Bertz CT molecular complexity index is 773. The van der Waals surface area contributed by atoms with Crippen molar-refractivity contribution < 1.29 is 4.79 Å². The smallest absolute Gasteiger partial charge is 0.258 e. The molecule has 5 nitrogen and oxygen atoms in total. The number of anilines is 1. The van der Waals surface area contributed by atoms with E-state index >= 15 is 0 Å². The van der Waals surface area contributed by atoms with Crippen LogP contribution in [-0.2, 0) is 0 Å². The Balaban J connectivity index is 1.60. The second-order valence-electron chi connectivity index (χ2n) is 7.69. The van der Waals surface area contributed by atoms with E-state index in [-0.39, 0.29) is 11.9 Å². The number of nitrogens with zero attached hydrogens (tertiary/aromatic N) is 4. The van der Waals surface area contributed by atoms with E-state index in [4.69, 9.17) is 0 Å². The zero-order chi connectivity index (χ0) is 18.6. The van der Waals surface area contributed by atoms with E-state index in [0.717, 1.165) is 30.9 Å². The lowest BCUT2D eigenvalue weighted by atomic mass is 9.94. The molecule has 0 aromatic carbocycles. The zero-order valence-electron chi connectivity index (χ0n) is 16.1. The van der Waals surface area contributed by atoms with Crippen LogP contribution < -0.4 is 4.90 Å². The fourth-order valence-corrected chi connectivity index (χ4v) is 4.53. The highest BCUT2D eigenvalue weighted by Gasteiger charge is 2.33. The summed E-state index contributed by atoms with van der Waals surface area (Å²) in [7, 11) is 2.09. The van der Waals surface area contributed by atoms with Crippen LogP contribution in [0.1, 0.15) is 67.0 Å². The molecule has 27 heavy (non-hydrogen) atoms. The first kappa shape index (κ1) is 18.0. The minimum Gasteiger partial charge on any atom is -0.356 e. The molecule has 3 heterocycles. The highest BCUT2D eigenvalue weighted by Crippen LogP contribution is 2.34. The van der Waals surface area contributed by atoms with Gasteiger partial charge in [-0.15, -0.1) is 0 Å². The first-order valence-corrected chi connectivity index (χ1v) is 10.2. The topological polar surface area (TPSA) is 49.3 Å². The predicted octanol–water partition coefficient (Wildman–Crippen LogP) is 4.22. The van der Waals surface area contributed by atoms with Crippen LogP contribution in [0.25, 0.3) is 0 Å². The summed E-state index contributed by atoms with van der Waals surface area (Å²) in [5, 5.41) is 0. The van der Waals surface area contributed by atoms with Crippen LogP contribution in [0.3, 0.4) is 0 Å². The molecule has 1 aliphatic carbocycles. The van der Waals surface area contributed by atoms with Gasteiger partial charge in [-0.05, 0) is 49.9 Å². The molecule has 1 amide bonds. The molecule has 4 rings (SSSR count). The first-order valence-electron chi connectivity index (χ1n) is 10.2. The van der Waals surface area contributed by atoms with Crippen LogP contribution in [0.15, 0.2) is 42.7 Å². The van der Waals surface area contributed by atoms with E-state index < -0.39 is 0 Å². The lowest BCUT2D eigenvalue weighted by molar-refractivity contribution is 0.0733. The molecule has 0 bridgehead atoms. The van der Waals surface area contributed by atoms with Gasteiger partial charge in [0.25, 0.3) is 5.91 Å². The highest BCUT2D eigenvalue weighted by atomic mass is 16.2. The van der Waals surface area contributed by atoms with Crippen molar-refractivity contribution in [3.63, 3.8) is 0 Å². The van der Waals surface area contributed by atoms with E-state index in [1.165, 1.54) is 32.1 Å². The number of hydrogen-bond donors (Lipinski definition) is 0. The Kier molecular flexibility index (Phi) is 5.37. The van der Waals surface area contributed by atoms with Crippen LogP contribution in [0.2, 0.25) is 0 Å². The standard InChI is InChI=1S/C22H28N4O/c1-25(17-9-3-2-4-10-17)21-18(11-7-15-24-21)22(27)26-16-8-13-20(26)19-12-5-6-14-23-19/h5-7,11-12,14-15,17,20H,2-4,8-10,13,16H2,1H3/t20-/m1/s1. The van der Waals surface area contributed by atoms with Gasteiger partial charge >= 0.3 is 0 Å². The van der Waals surface area contributed by atoms with Crippen molar-refractivity contribution in [2.24, 2.45) is 0 Å². The van der Waals surface area contributed by atoms with Gasteiger partial charge in [0.1, 0.15) is 5.82 Å². The Labute approximate surface area is 161 Å². The molecule has 2 aromatic rings. The average Bonchev–Trinajstić information content (AvgIpc) is 3.24. The van der Waals surface area contributed by atoms with Crippen LogP contribution in [0, 0.1) is 0 Å². The molecule has 1 atom stereocenters. The molecule has 5 heteroatoms. The number of likely N-dealkylation sites (tertiary alicyclic amines) is 1. The number of amides is 1. The van der Waals surface area contributed by atoms with E-state index in [2.05, 4.69) is 21.9 Å². The Morgan fingerprint density at radius 2 is 1.81 bits per heavy atom. The SMILES string of the molecule is CN(c1ncccc1C(=O)N1CCC[C@@H]1c1ccccn1)C1CCCCC1. The number of aromatic nitrogens is 2. The Morgan fingerprint density at radius 1 is 1.00 bits per heavy atom. The van der Waals surface area contributed by atoms with Crippen LogP contribution in [0.5, 0.6) is 0 Å². The molecule has 0 N–H and O–H groups in total. The van der Waals surface area contributed by atoms with Crippen molar-refractivity contribution in [1.82, 2.24) is 14.9 Å². The van der Waals surface area contributed by atoms with Crippen LogP contribution >= 0.6 is 0 Å². The molecule has 1 saturated heterocycles. The maximum Gasteiger partial charge on any atom is 0.258 e. The predicted molar refractivity (Wildman–Crippen MR) is 107 cm³/mol. The molecular formula is C22H28N4O. The van der Waals surface area contributed by atoms with Gasteiger partial charge in [0.15, 0.2) is 0 Å². The molecular weight excluding hydrogens is 336 g/mol. The fourth-order valence-electron chi connectivity index (χ4n) is 4.53. The van der Waals surface area contributed by atoms with Gasteiger partial charge in [0, 0.05) is 32.0 Å². The van der Waals surface area contributed by atoms with E-state index in [0.29, 0.717) is 11.6 Å². The monoisotopic (exact) mass is 364 g/mol. The third kappa shape index (κ3) is 3.68. The molecule has 0 unspecified atom stereocenters. The van der Waals surface area contributed by atoms with E-state index in [9.17, 15) is 4.79 Å². The van der Waals surface area contributed by atoms with Gasteiger partial charge < -0.3 is 9.80 Å². The Hall–Kier alpha value is -2.43. The molecule has 0 radical (unpaired) electrons. The third-order valence-corrected chi connectivity index (χ3v) is 6.02. The lowest BCUT2D eigenvalue weighted by Gasteiger charge is -2.34. The Morgan fingerprint density at radius 3 is 2.59 bits per heavy atom. The number of carbonyl (C=O) groups is 1. The number of pyridine rings is 2. The van der Waals surface area contributed by atoms with Crippen molar-refractivity contribution >= 4 is 11.7 Å². The van der Waals surface area contributed by atoms with Crippen LogP contribution in [-0.4, -0.2) is 40.4 Å². The molecule has 2 fully saturated rings. The fraction of sp³-hybridized carbons (Fsp3) is 0.500. The molecule has 1 saturated carbocycles. The van der Waals surface area contributed by atoms with Crippen LogP contribution in [0.4, 0.5) is 5.82 Å². The summed E-state index contributed by atoms with van der Waals surface area (Å²) in [5.74, 6) is 0.898. The largest absolute Gasteiger partial charge is 0.356 e. The summed E-state index contributed by atoms with van der Waals surface area (Å²) in [6, 6.07) is 10.3. The van der Waals surface area contributed by atoms with E-state index in [1.807, 2.05) is 41.4 Å². The molecule has 2 aliphatic rings. The average molecular weight is 364 g/mol. The van der Waals surface area contributed by atoms with Crippen molar-refractivity contribution in [2.45, 2.75) is 57.0 Å². The van der Waals surface area contributed by atoms with E-state index in [1.54, 1.807) is 6.20 Å². The molecule has 2 aromatic heterocycles. The van der Waals surface area contributed by atoms with Gasteiger partial charge in [0.05, 0.1) is 17.3 Å². The van der Waals surface area contributed by atoms with Crippen molar-refractivity contribution in [1.29, 1.82) is 0 Å². The maximum absolute atomic E-state index is 13.5. The summed E-state index contributed by atoms with van der Waals surface area (Å²) in [6.07, 6.45) is 11.8. The summed E-state index contributed by atoms with van der Waals surface area (Å²) < 4.78 is 0. The van der Waals surface area contributed by atoms with Gasteiger partial charge in [-0.1, -0.05) is 25.3 Å². The van der Waals surface area contributed by atoms with Gasteiger partial charge in [-0.3, -0.25) is 9.78 Å². The summed E-state index contributed by atoms with van der Waals surface area (Å²) in [5.41, 5.74) is 1.70. The normalized spacial score (nSPS) is 20.6. The van der Waals surface area contributed by atoms with Gasteiger partial charge in [0.2, 0.25) is 0 Å². The molecule has 142 valence electrons. The van der Waals surface area contributed by atoms with Crippen molar-refractivity contribution in [3.8, 4) is 0 Å². The highest BCUT2D eigenvalue weighted by molar-refractivity contribution is 5.99. The number of carbonyl (C=O) groups excluding carboxylic acids is 1. The molecule has 1 aliphatic heterocycles. The zero-order valence-corrected chi connectivity index (χ0v) is 16.1. The third-order valence-electron chi connectivity index (χ3n) is 6.02. The number of hydrogen-bond acceptors (Lipinski definition) is 4. The van der Waals surface area contributed by atoms with Gasteiger partial charge in [-0.25, -0.2) is 4.98 Å².